The van der Waals surface area contributed by atoms with Gasteiger partial charge in [0.1, 0.15) is 6.17 Å². The molecule has 124 valence electrons. The summed E-state index contributed by atoms with van der Waals surface area (Å²) < 4.78 is 14.2. The van der Waals surface area contributed by atoms with Crippen molar-refractivity contribution < 1.29 is 14.6 Å². The van der Waals surface area contributed by atoms with E-state index in [-0.39, 0.29) is 17.9 Å². The average Bonchev–Trinajstić information content (AvgIpc) is 2.64. The summed E-state index contributed by atoms with van der Waals surface area (Å²) in [4.78, 5) is 0. The minimum Gasteiger partial charge on any atom is -0.393 e. The lowest BCUT2D eigenvalue weighted by Gasteiger charge is -2.45. The summed E-state index contributed by atoms with van der Waals surface area (Å²) in [7, 11) is 0. The minimum atomic E-state index is -0.934. The van der Waals surface area contributed by atoms with Crippen molar-refractivity contribution in [3.05, 3.63) is 0 Å². The van der Waals surface area contributed by atoms with Gasteiger partial charge in [-0.3, -0.25) is 0 Å². The van der Waals surface area contributed by atoms with E-state index in [4.69, 9.17) is 0 Å². The number of fused-ring (bicyclic) bond motifs is 1. The molecule has 2 saturated carbocycles. The van der Waals surface area contributed by atoms with E-state index in [1.165, 1.54) is 6.42 Å². The van der Waals surface area contributed by atoms with Crippen LogP contribution >= 0.6 is 0 Å². The van der Waals surface area contributed by atoms with Crippen LogP contribution in [0.15, 0.2) is 0 Å². The highest BCUT2D eigenvalue weighted by atomic mass is 19.1. The Balaban J connectivity index is 1.98. The fourth-order valence-corrected chi connectivity index (χ4v) is 5.32. The van der Waals surface area contributed by atoms with Gasteiger partial charge in [-0.1, -0.05) is 20.3 Å². The van der Waals surface area contributed by atoms with Crippen molar-refractivity contribution in [3.63, 3.8) is 0 Å². The van der Waals surface area contributed by atoms with Crippen molar-refractivity contribution in [2.24, 2.45) is 23.2 Å². The Kier molecular flexibility index (Phi) is 5.04. The maximum atomic E-state index is 14.2. The van der Waals surface area contributed by atoms with E-state index < -0.39 is 11.8 Å². The molecule has 0 aromatic rings. The predicted molar refractivity (Wildman–Crippen MR) is 83.8 cm³/mol. The molecule has 2 aliphatic rings. The van der Waals surface area contributed by atoms with Crippen LogP contribution in [0.2, 0.25) is 0 Å². The van der Waals surface area contributed by atoms with E-state index in [1.54, 1.807) is 13.8 Å². The van der Waals surface area contributed by atoms with Gasteiger partial charge in [0.25, 0.3) is 0 Å². The summed E-state index contributed by atoms with van der Waals surface area (Å²) in [6, 6.07) is 0. The number of alkyl halides is 1. The Bertz CT molecular complexity index is 352. The summed E-state index contributed by atoms with van der Waals surface area (Å²) in [6.07, 6.45) is 5.08. The number of aliphatic hydroxyl groups excluding tert-OH is 1. The highest BCUT2D eigenvalue weighted by molar-refractivity contribution is 5.01. The molecule has 0 saturated heterocycles. The van der Waals surface area contributed by atoms with Gasteiger partial charge in [0.2, 0.25) is 0 Å². The molecular weight excluding hydrogens is 267 g/mol. The molecule has 2 rings (SSSR count). The van der Waals surface area contributed by atoms with Gasteiger partial charge in [0.15, 0.2) is 0 Å². The lowest BCUT2D eigenvalue weighted by molar-refractivity contribution is -0.0314. The van der Waals surface area contributed by atoms with Crippen LogP contribution in [0, 0.1) is 23.2 Å². The van der Waals surface area contributed by atoms with E-state index >= 15 is 0 Å². The van der Waals surface area contributed by atoms with Crippen LogP contribution in [0.5, 0.6) is 0 Å². The van der Waals surface area contributed by atoms with Gasteiger partial charge >= 0.3 is 0 Å². The minimum absolute atomic E-state index is 0.154. The fraction of sp³-hybridized carbons (Fsp3) is 1.00. The van der Waals surface area contributed by atoms with Crippen LogP contribution in [-0.4, -0.2) is 28.1 Å². The maximum absolute atomic E-state index is 14.2. The van der Waals surface area contributed by atoms with E-state index in [0.717, 1.165) is 25.7 Å². The van der Waals surface area contributed by atoms with Gasteiger partial charge in [0, 0.05) is 6.42 Å². The van der Waals surface area contributed by atoms with Gasteiger partial charge in [-0.05, 0) is 69.1 Å². The second-order valence-corrected chi connectivity index (χ2v) is 8.58. The summed E-state index contributed by atoms with van der Waals surface area (Å²) in [5, 5.41) is 20.0. The molecule has 3 heteroatoms. The number of halogens is 1. The first-order chi connectivity index (χ1) is 9.63. The number of aliphatic hydroxyl groups is 2. The third-order valence-corrected chi connectivity index (χ3v) is 6.20. The molecule has 0 spiro atoms. The topological polar surface area (TPSA) is 40.5 Å². The van der Waals surface area contributed by atoms with Crippen LogP contribution in [0.3, 0.4) is 0 Å². The number of hydrogen-bond acceptors (Lipinski definition) is 2. The molecule has 0 radical (unpaired) electrons. The van der Waals surface area contributed by atoms with Crippen LogP contribution in [0.1, 0.15) is 72.6 Å². The molecule has 0 heterocycles. The summed E-state index contributed by atoms with van der Waals surface area (Å²) in [5.74, 6) is 1.24. The molecule has 0 aliphatic heterocycles. The molecule has 0 unspecified atom stereocenters. The Morgan fingerprint density at radius 3 is 2.57 bits per heavy atom. The first kappa shape index (κ1) is 17.2. The monoisotopic (exact) mass is 300 g/mol. The molecular formula is C18H33FO2. The highest BCUT2D eigenvalue weighted by Gasteiger charge is 2.52. The fourth-order valence-electron chi connectivity index (χ4n) is 5.32. The van der Waals surface area contributed by atoms with Crippen molar-refractivity contribution in [2.75, 3.05) is 0 Å². The Morgan fingerprint density at radius 1 is 1.29 bits per heavy atom. The van der Waals surface area contributed by atoms with Crippen molar-refractivity contribution in [1.29, 1.82) is 0 Å². The van der Waals surface area contributed by atoms with E-state index in [0.29, 0.717) is 24.2 Å². The zero-order valence-electron chi connectivity index (χ0n) is 14.1. The van der Waals surface area contributed by atoms with Gasteiger partial charge in [-0.25, -0.2) is 4.39 Å². The SMILES string of the molecule is C[C@H](C[C@@H](F)CC(C)(C)O)[C@H]1CC[C@H]2[C@@H](O)CCC[C@]12C. The first-order valence-corrected chi connectivity index (χ1v) is 8.68. The molecule has 21 heavy (non-hydrogen) atoms. The van der Waals surface area contributed by atoms with E-state index in [1.807, 2.05) is 0 Å². The van der Waals surface area contributed by atoms with Gasteiger partial charge in [-0.2, -0.15) is 0 Å². The first-order valence-electron chi connectivity index (χ1n) is 8.68. The lowest BCUT2D eigenvalue weighted by Crippen LogP contribution is -2.41. The second kappa shape index (κ2) is 6.16. The van der Waals surface area contributed by atoms with Crippen LogP contribution < -0.4 is 0 Å². The van der Waals surface area contributed by atoms with Crippen molar-refractivity contribution >= 4 is 0 Å². The largest absolute Gasteiger partial charge is 0.393 e. The van der Waals surface area contributed by atoms with Gasteiger partial charge in [0.05, 0.1) is 11.7 Å². The van der Waals surface area contributed by atoms with Crippen molar-refractivity contribution in [3.8, 4) is 0 Å². The average molecular weight is 300 g/mol. The highest BCUT2D eigenvalue weighted by Crippen LogP contribution is 2.58. The Hall–Kier alpha value is -0.150. The maximum Gasteiger partial charge on any atom is 0.103 e. The Morgan fingerprint density at radius 2 is 1.95 bits per heavy atom. The Labute approximate surface area is 129 Å². The third kappa shape index (κ3) is 3.79. The standard InChI is InChI=1S/C18H33FO2/c1-12(10-13(19)11-17(2,3)21)14-7-8-15-16(20)6-5-9-18(14,15)4/h12-16,20-21H,5-11H2,1-4H3/t12-,13-,14-,15+,16+,18-/m1/s1. The second-order valence-electron chi connectivity index (χ2n) is 8.58. The molecule has 0 amide bonds. The number of hydrogen-bond donors (Lipinski definition) is 2. The van der Waals surface area contributed by atoms with Crippen LogP contribution in [-0.2, 0) is 0 Å². The van der Waals surface area contributed by atoms with Gasteiger partial charge in [-0.15, -0.1) is 0 Å². The molecule has 2 nitrogen and oxygen atoms in total. The quantitative estimate of drug-likeness (QED) is 0.803. The molecule has 6 atom stereocenters. The van der Waals surface area contributed by atoms with E-state index in [9.17, 15) is 14.6 Å². The molecule has 0 aromatic carbocycles. The van der Waals surface area contributed by atoms with Gasteiger partial charge < -0.3 is 10.2 Å². The number of rotatable bonds is 5. The normalized spacial score (nSPS) is 39.9. The van der Waals surface area contributed by atoms with Crippen LogP contribution in [0.25, 0.3) is 0 Å². The van der Waals surface area contributed by atoms with Crippen LogP contribution in [0.4, 0.5) is 4.39 Å². The lowest BCUT2D eigenvalue weighted by atomic mass is 9.61. The molecule has 0 bridgehead atoms. The van der Waals surface area contributed by atoms with E-state index in [2.05, 4.69) is 13.8 Å². The molecule has 0 aromatic heterocycles. The summed E-state index contributed by atoms with van der Waals surface area (Å²) in [6.45, 7) is 7.83. The zero-order chi connectivity index (χ0) is 15.8. The third-order valence-electron chi connectivity index (χ3n) is 6.20. The van der Waals surface area contributed by atoms with Crippen molar-refractivity contribution in [2.45, 2.75) is 90.5 Å². The molecule has 2 aliphatic carbocycles. The molecule has 2 fully saturated rings. The zero-order valence-corrected chi connectivity index (χ0v) is 14.1. The summed E-state index contributed by atoms with van der Waals surface area (Å²) >= 11 is 0. The molecule has 2 N–H and O–H groups in total. The smallest absolute Gasteiger partial charge is 0.103 e. The summed E-state index contributed by atoms with van der Waals surface area (Å²) in [5.41, 5.74) is -0.742. The predicted octanol–water partition coefficient (Wildman–Crippen LogP) is 4.09. The van der Waals surface area contributed by atoms with Crippen molar-refractivity contribution in [1.82, 2.24) is 0 Å².